The second-order valence-electron chi connectivity index (χ2n) is 3.26. The Bertz CT molecular complexity index is 98.6. The molecule has 0 saturated carbocycles. The second-order valence-corrected chi connectivity index (χ2v) is 3.26. The lowest BCUT2D eigenvalue weighted by atomic mass is 9.91. The van der Waals surface area contributed by atoms with Crippen LogP contribution in [0.4, 0.5) is 0 Å². The molecular formula is C7H13N. The fraction of sp³-hybridized carbons (Fsp3) is 1.00. The molecule has 1 heteroatoms. The summed E-state index contributed by atoms with van der Waals surface area (Å²) >= 11 is 0. The monoisotopic (exact) mass is 111 g/mol. The molecule has 0 radical (unpaired) electrons. The molecular weight excluding hydrogens is 98.1 g/mol. The van der Waals surface area contributed by atoms with E-state index in [9.17, 15) is 0 Å². The Kier molecular flexibility index (Phi) is 0.884. The van der Waals surface area contributed by atoms with Crippen LogP contribution in [-0.2, 0) is 0 Å². The Morgan fingerprint density at radius 2 is 2.25 bits per heavy atom. The average molecular weight is 111 g/mol. The normalized spacial score (nSPS) is 52.9. The zero-order chi connectivity index (χ0) is 5.56. The Hall–Kier alpha value is -0.0400. The van der Waals surface area contributed by atoms with Crippen LogP contribution in [0.15, 0.2) is 0 Å². The fourth-order valence-electron chi connectivity index (χ4n) is 2.10. The topological polar surface area (TPSA) is 12.0 Å². The summed E-state index contributed by atoms with van der Waals surface area (Å²) in [7, 11) is 0. The van der Waals surface area contributed by atoms with Gasteiger partial charge in [0, 0.05) is 12.1 Å². The van der Waals surface area contributed by atoms with Crippen LogP contribution < -0.4 is 5.32 Å². The predicted octanol–water partition coefficient (Wildman–Crippen LogP) is 1.15. The lowest BCUT2D eigenvalue weighted by Gasteiger charge is -2.13. The minimum Gasteiger partial charge on any atom is -0.311 e. The van der Waals surface area contributed by atoms with Gasteiger partial charge in [-0.15, -0.1) is 0 Å². The first-order chi connectivity index (χ1) is 3.86. The zero-order valence-electron chi connectivity index (χ0n) is 5.35. The highest BCUT2D eigenvalue weighted by Crippen LogP contribution is 2.32. The minimum absolute atomic E-state index is 0.889. The Labute approximate surface area is 50.5 Å². The highest BCUT2D eigenvalue weighted by molar-refractivity contribution is 4.95. The summed E-state index contributed by atoms with van der Waals surface area (Å²) in [5, 5.41) is 3.58. The van der Waals surface area contributed by atoms with E-state index in [0.29, 0.717) is 0 Å². The molecule has 1 nitrogen and oxygen atoms in total. The van der Waals surface area contributed by atoms with Crippen molar-refractivity contribution in [3.63, 3.8) is 0 Å². The van der Waals surface area contributed by atoms with Crippen molar-refractivity contribution in [3.05, 3.63) is 0 Å². The van der Waals surface area contributed by atoms with Gasteiger partial charge in [-0.05, 0) is 25.2 Å². The molecule has 0 aliphatic carbocycles. The first-order valence-electron chi connectivity index (χ1n) is 3.62. The van der Waals surface area contributed by atoms with E-state index in [2.05, 4.69) is 12.2 Å². The van der Waals surface area contributed by atoms with Gasteiger partial charge >= 0.3 is 0 Å². The summed E-state index contributed by atoms with van der Waals surface area (Å²) in [4.78, 5) is 0. The van der Waals surface area contributed by atoms with Crippen LogP contribution in [0, 0.1) is 5.92 Å². The van der Waals surface area contributed by atoms with Gasteiger partial charge < -0.3 is 5.32 Å². The molecule has 1 N–H and O–H groups in total. The van der Waals surface area contributed by atoms with Gasteiger partial charge in [0.1, 0.15) is 0 Å². The largest absolute Gasteiger partial charge is 0.311 e. The molecule has 0 aromatic rings. The van der Waals surface area contributed by atoms with Gasteiger partial charge in [-0.25, -0.2) is 0 Å². The summed E-state index contributed by atoms with van der Waals surface area (Å²) in [5.41, 5.74) is 0. The smallest absolute Gasteiger partial charge is 0.00964 e. The zero-order valence-corrected chi connectivity index (χ0v) is 5.35. The van der Waals surface area contributed by atoms with E-state index in [0.717, 1.165) is 18.0 Å². The molecule has 0 amide bonds. The molecule has 2 aliphatic rings. The average Bonchev–Trinajstić information content (AvgIpc) is 2.23. The van der Waals surface area contributed by atoms with Gasteiger partial charge in [0.25, 0.3) is 0 Å². The van der Waals surface area contributed by atoms with E-state index >= 15 is 0 Å². The van der Waals surface area contributed by atoms with E-state index in [1.165, 1.54) is 19.3 Å². The molecule has 8 heavy (non-hydrogen) atoms. The molecule has 2 saturated heterocycles. The van der Waals surface area contributed by atoms with Gasteiger partial charge in [0.05, 0.1) is 0 Å². The van der Waals surface area contributed by atoms with Crippen molar-refractivity contribution in [3.8, 4) is 0 Å². The maximum atomic E-state index is 3.58. The van der Waals surface area contributed by atoms with Gasteiger partial charge in [-0.1, -0.05) is 6.92 Å². The molecule has 0 unspecified atom stereocenters. The molecule has 2 bridgehead atoms. The standard InChI is InChI=1S/C7H13N/c1-5-4-6-2-3-7(5)8-6/h5-8H,2-4H2,1H3/t5-,6-,7-/m0/s1. The third-order valence-corrected chi connectivity index (χ3v) is 2.62. The quantitative estimate of drug-likeness (QED) is 0.494. The number of nitrogens with one attached hydrogen (secondary N) is 1. The number of hydrogen-bond donors (Lipinski definition) is 1. The van der Waals surface area contributed by atoms with Crippen LogP contribution in [0.2, 0.25) is 0 Å². The van der Waals surface area contributed by atoms with E-state index < -0.39 is 0 Å². The van der Waals surface area contributed by atoms with Crippen molar-refractivity contribution in [2.45, 2.75) is 38.3 Å². The summed E-state index contributed by atoms with van der Waals surface area (Å²) in [6.45, 7) is 2.36. The van der Waals surface area contributed by atoms with Crippen LogP contribution in [0.1, 0.15) is 26.2 Å². The van der Waals surface area contributed by atoms with Gasteiger partial charge in [0.15, 0.2) is 0 Å². The predicted molar refractivity (Wildman–Crippen MR) is 33.7 cm³/mol. The van der Waals surface area contributed by atoms with Crippen molar-refractivity contribution in [1.82, 2.24) is 5.32 Å². The lowest BCUT2D eigenvalue weighted by molar-refractivity contribution is 0.439. The summed E-state index contributed by atoms with van der Waals surface area (Å²) < 4.78 is 0. The fourth-order valence-corrected chi connectivity index (χ4v) is 2.10. The van der Waals surface area contributed by atoms with E-state index in [-0.39, 0.29) is 0 Å². The van der Waals surface area contributed by atoms with Gasteiger partial charge in [-0.3, -0.25) is 0 Å². The van der Waals surface area contributed by atoms with Crippen LogP contribution in [-0.4, -0.2) is 12.1 Å². The van der Waals surface area contributed by atoms with E-state index in [1.54, 1.807) is 0 Å². The first-order valence-corrected chi connectivity index (χ1v) is 3.62. The van der Waals surface area contributed by atoms with Crippen molar-refractivity contribution < 1.29 is 0 Å². The first kappa shape index (κ1) is 4.80. The maximum absolute atomic E-state index is 3.58. The highest BCUT2D eigenvalue weighted by Gasteiger charge is 2.35. The second kappa shape index (κ2) is 1.47. The van der Waals surface area contributed by atoms with E-state index in [1.807, 2.05) is 0 Å². The maximum Gasteiger partial charge on any atom is 0.00964 e. The number of hydrogen-bond acceptors (Lipinski definition) is 1. The number of rotatable bonds is 0. The third kappa shape index (κ3) is 0.510. The molecule has 46 valence electrons. The van der Waals surface area contributed by atoms with Crippen LogP contribution >= 0.6 is 0 Å². The molecule has 2 fully saturated rings. The molecule has 0 aromatic carbocycles. The molecule has 2 rings (SSSR count). The van der Waals surface area contributed by atoms with Crippen molar-refractivity contribution >= 4 is 0 Å². The molecule has 2 aliphatic heterocycles. The SMILES string of the molecule is C[C@H]1C[C@@H]2CC[C@@H]1N2. The highest BCUT2D eigenvalue weighted by atomic mass is 15.0. The van der Waals surface area contributed by atoms with Crippen LogP contribution in [0.5, 0.6) is 0 Å². The lowest BCUT2D eigenvalue weighted by Crippen LogP contribution is -2.20. The number of fused-ring (bicyclic) bond motifs is 2. The van der Waals surface area contributed by atoms with Crippen molar-refractivity contribution in [2.75, 3.05) is 0 Å². The van der Waals surface area contributed by atoms with Crippen molar-refractivity contribution in [1.29, 1.82) is 0 Å². The van der Waals surface area contributed by atoms with Gasteiger partial charge in [-0.2, -0.15) is 0 Å². The molecule has 0 spiro atoms. The molecule has 2 heterocycles. The summed E-state index contributed by atoms with van der Waals surface area (Å²) in [5.74, 6) is 0.966. The Balaban J connectivity index is 2.11. The Morgan fingerprint density at radius 3 is 2.50 bits per heavy atom. The van der Waals surface area contributed by atoms with Crippen LogP contribution in [0.3, 0.4) is 0 Å². The molecule has 3 atom stereocenters. The minimum atomic E-state index is 0.889. The Morgan fingerprint density at radius 1 is 1.38 bits per heavy atom. The van der Waals surface area contributed by atoms with Crippen LogP contribution in [0.25, 0.3) is 0 Å². The summed E-state index contributed by atoms with van der Waals surface area (Å²) in [6.07, 6.45) is 4.31. The van der Waals surface area contributed by atoms with Gasteiger partial charge in [0.2, 0.25) is 0 Å². The van der Waals surface area contributed by atoms with Crippen molar-refractivity contribution in [2.24, 2.45) is 5.92 Å². The third-order valence-electron chi connectivity index (χ3n) is 2.62. The molecule has 0 aromatic heterocycles. The summed E-state index contributed by atoms with van der Waals surface area (Å²) in [6, 6.07) is 1.79. The van der Waals surface area contributed by atoms with E-state index in [4.69, 9.17) is 0 Å².